The molecule has 0 spiro atoms. The quantitative estimate of drug-likeness (QED) is 0.616. The zero-order valence-electron chi connectivity index (χ0n) is 17.9. The van der Waals surface area contributed by atoms with Gasteiger partial charge in [-0.05, 0) is 56.6 Å². The minimum absolute atomic E-state index is 0.152. The van der Waals surface area contributed by atoms with Crippen LogP contribution in [0.15, 0.2) is 30.7 Å². The number of anilines is 1. The molecule has 8 heteroatoms. The van der Waals surface area contributed by atoms with E-state index in [1.807, 2.05) is 10.6 Å². The number of hydrogen-bond donors (Lipinski definition) is 2. The van der Waals surface area contributed by atoms with Crippen LogP contribution in [-0.2, 0) is 5.67 Å². The second kappa shape index (κ2) is 6.74. The van der Waals surface area contributed by atoms with E-state index in [9.17, 15) is 5.11 Å². The number of hydrogen-bond acceptors (Lipinski definition) is 6. The molecule has 2 aliphatic carbocycles. The Hall–Kier alpha value is -3.02. The Labute approximate surface area is 185 Å². The molecule has 3 aromatic heterocycles. The van der Waals surface area contributed by atoms with Crippen LogP contribution in [-0.4, -0.2) is 54.3 Å². The van der Waals surface area contributed by atoms with Gasteiger partial charge in [0, 0.05) is 48.7 Å². The van der Waals surface area contributed by atoms with Gasteiger partial charge in [-0.25, -0.2) is 14.4 Å². The van der Waals surface area contributed by atoms with Crippen molar-refractivity contribution in [3.63, 3.8) is 0 Å². The molecule has 3 aromatic rings. The fraction of sp³-hybridized carbons (Fsp3) is 0.458. The lowest BCUT2D eigenvalue weighted by molar-refractivity contribution is -0.0408. The van der Waals surface area contributed by atoms with Crippen molar-refractivity contribution in [3.05, 3.63) is 42.0 Å². The molecule has 0 bridgehead atoms. The van der Waals surface area contributed by atoms with E-state index in [-0.39, 0.29) is 11.9 Å². The summed E-state index contributed by atoms with van der Waals surface area (Å²) in [5, 5.41) is 11.3. The van der Waals surface area contributed by atoms with E-state index in [0.717, 1.165) is 36.6 Å². The molecular formula is C24H25FN6O. The SMILES string of the molecule is CC(O)(C#Cc1cc2c(cn1)c(C1(F)CN(C3CC3)C1)cn2-c1ccnc(N)n1)C1CC1. The van der Waals surface area contributed by atoms with E-state index in [1.54, 1.807) is 31.6 Å². The fourth-order valence-electron chi connectivity index (χ4n) is 4.64. The second-order valence-corrected chi connectivity index (χ2v) is 9.55. The summed E-state index contributed by atoms with van der Waals surface area (Å²) in [6, 6.07) is 4.10. The molecule has 0 aromatic carbocycles. The molecule has 3 aliphatic rings. The third-order valence-electron chi connectivity index (χ3n) is 6.87. The highest BCUT2D eigenvalue weighted by Crippen LogP contribution is 2.45. The summed E-state index contributed by atoms with van der Waals surface area (Å²) in [6.07, 6.45) is 9.37. The number of halogens is 1. The second-order valence-electron chi connectivity index (χ2n) is 9.55. The van der Waals surface area contributed by atoms with E-state index in [2.05, 4.69) is 31.7 Å². The highest BCUT2D eigenvalue weighted by molar-refractivity contribution is 5.86. The number of likely N-dealkylation sites (tertiary alicyclic amines) is 1. The van der Waals surface area contributed by atoms with E-state index in [4.69, 9.17) is 5.73 Å². The number of aliphatic hydroxyl groups is 1. The standard InChI is InChI=1S/C24H25FN6O/c1-23(32,15-2-3-15)8-6-16-10-20-18(11-28-16)19(24(25)13-30(14-24)17-4-5-17)12-31(20)21-7-9-27-22(26)29-21/h7,9-12,15,17,32H,2-5,13-14H2,1H3,(H2,26,27,29). The average molecular weight is 433 g/mol. The molecule has 6 rings (SSSR count). The van der Waals surface area contributed by atoms with Crippen molar-refractivity contribution >= 4 is 16.9 Å². The number of alkyl halides is 1. The van der Waals surface area contributed by atoms with E-state index in [1.165, 1.54) is 0 Å². The highest BCUT2D eigenvalue weighted by atomic mass is 19.1. The van der Waals surface area contributed by atoms with Crippen LogP contribution in [0.4, 0.5) is 10.3 Å². The van der Waals surface area contributed by atoms with Crippen LogP contribution in [0.5, 0.6) is 0 Å². The molecule has 4 heterocycles. The third kappa shape index (κ3) is 3.33. The molecule has 1 saturated heterocycles. The first-order valence-electron chi connectivity index (χ1n) is 11.1. The minimum atomic E-state index is -1.42. The van der Waals surface area contributed by atoms with Crippen molar-refractivity contribution in [3.8, 4) is 17.7 Å². The minimum Gasteiger partial charge on any atom is -0.378 e. The predicted octanol–water partition coefficient (Wildman–Crippen LogP) is 2.55. The lowest BCUT2D eigenvalue weighted by atomic mass is 9.88. The molecule has 164 valence electrons. The molecule has 3 N–H and O–H groups in total. The van der Waals surface area contributed by atoms with Crippen molar-refractivity contribution in [1.29, 1.82) is 0 Å². The van der Waals surface area contributed by atoms with Crippen LogP contribution in [0.2, 0.25) is 0 Å². The number of rotatable bonds is 4. The van der Waals surface area contributed by atoms with Crippen LogP contribution in [0.1, 0.15) is 43.9 Å². The first-order valence-corrected chi connectivity index (χ1v) is 11.1. The largest absolute Gasteiger partial charge is 0.378 e. The smallest absolute Gasteiger partial charge is 0.221 e. The lowest BCUT2D eigenvalue weighted by Crippen LogP contribution is -2.57. The predicted molar refractivity (Wildman–Crippen MR) is 119 cm³/mol. The third-order valence-corrected chi connectivity index (χ3v) is 6.87. The number of nitrogens with two attached hydrogens (primary N) is 1. The monoisotopic (exact) mass is 432 g/mol. The first-order chi connectivity index (χ1) is 15.3. The van der Waals surface area contributed by atoms with Gasteiger partial charge in [-0.3, -0.25) is 4.90 Å². The number of nitrogens with zero attached hydrogens (tertiary/aromatic N) is 5. The molecular weight excluding hydrogens is 407 g/mol. The first kappa shape index (κ1) is 19.6. The summed E-state index contributed by atoms with van der Waals surface area (Å²) in [5.74, 6) is 6.91. The van der Waals surface area contributed by atoms with Gasteiger partial charge in [0.05, 0.1) is 5.52 Å². The number of fused-ring (bicyclic) bond motifs is 1. The van der Waals surface area contributed by atoms with Gasteiger partial charge in [0.25, 0.3) is 0 Å². The summed E-state index contributed by atoms with van der Waals surface area (Å²) >= 11 is 0. The zero-order valence-corrected chi connectivity index (χ0v) is 17.9. The van der Waals surface area contributed by atoms with Gasteiger partial charge in [0.1, 0.15) is 17.1 Å². The van der Waals surface area contributed by atoms with Crippen LogP contribution in [0, 0.1) is 17.8 Å². The van der Waals surface area contributed by atoms with Gasteiger partial charge in [-0.15, -0.1) is 0 Å². The van der Waals surface area contributed by atoms with Crippen LogP contribution in [0.3, 0.4) is 0 Å². The number of nitrogen functional groups attached to an aromatic ring is 1. The molecule has 1 unspecified atom stereocenters. The molecule has 7 nitrogen and oxygen atoms in total. The fourth-order valence-corrected chi connectivity index (χ4v) is 4.64. The highest BCUT2D eigenvalue weighted by Gasteiger charge is 2.51. The Balaban J connectivity index is 1.44. The lowest BCUT2D eigenvalue weighted by Gasteiger charge is -2.44. The van der Waals surface area contributed by atoms with Gasteiger partial charge in [0.2, 0.25) is 5.95 Å². The maximum absolute atomic E-state index is 15.9. The molecule has 1 atom stereocenters. The Morgan fingerprint density at radius 1 is 1.25 bits per heavy atom. The Kier molecular flexibility index (Phi) is 4.14. The molecule has 3 fully saturated rings. The summed E-state index contributed by atoms with van der Waals surface area (Å²) < 4.78 is 17.7. The maximum atomic E-state index is 15.9. The van der Waals surface area contributed by atoms with Crippen LogP contribution < -0.4 is 5.73 Å². The number of pyridine rings is 1. The van der Waals surface area contributed by atoms with Gasteiger partial charge in [-0.2, -0.15) is 4.98 Å². The maximum Gasteiger partial charge on any atom is 0.221 e. The van der Waals surface area contributed by atoms with E-state index >= 15 is 4.39 Å². The molecule has 32 heavy (non-hydrogen) atoms. The van der Waals surface area contributed by atoms with E-state index < -0.39 is 11.3 Å². The topological polar surface area (TPSA) is 93.1 Å². The van der Waals surface area contributed by atoms with E-state index in [0.29, 0.717) is 36.2 Å². The number of aromatic nitrogens is 4. The summed E-state index contributed by atoms with van der Waals surface area (Å²) in [7, 11) is 0. The van der Waals surface area contributed by atoms with Crippen molar-refractivity contribution in [2.24, 2.45) is 5.92 Å². The summed E-state index contributed by atoms with van der Waals surface area (Å²) in [4.78, 5) is 15.0. The summed E-state index contributed by atoms with van der Waals surface area (Å²) in [5.41, 5.74) is 5.25. The van der Waals surface area contributed by atoms with Gasteiger partial charge in [0.15, 0.2) is 5.67 Å². The van der Waals surface area contributed by atoms with Gasteiger partial charge in [-0.1, -0.05) is 5.92 Å². The Bertz CT molecular complexity index is 1270. The Morgan fingerprint density at radius 2 is 2.03 bits per heavy atom. The van der Waals surface area contributed by atoms with Crippen LogP contribution >= 0.6 is 0 Å². The average Bonchev–Trinajstić information content (AvgIpc) is 3.65. The molecule has 0 radical (unpaired) electrons. The molecule has 2 saturated carbocycles. The van der Waals surface area contributed by atoms with Crippen molar-refractivity contribution in [2.45, 2.75) is 49.9 Å². The van der Waals surface area contributed by atoms with Gasteiger partial charge < -0.3 is 15.4 Å². The van der Waals surface area contributed by atoms with Crippen molar-refractivity contribution in [1.82, 2.24) is 24.4 Å². The summed E-state index contributed by atoms with van der Waals surface area (Å²) in [6.45, 7) is 2.54. The normalized spacial score (nSPS) is 22.1. The molecule has 0 amide bonds. The van der Waals surface area contributed by atoms with Crippen molar-refractivity contribution < 1.29 is 9.50 Å². The van der Waals surface area contributed by atoms with Gasteiger partial charge >= 0.3 is 0 Å². The molecule has 1 aliphatic heterocycles. The zero-order chi connectivity index (χ0) is 22.1. The van der Waals surface area contributed by atoms with Crippen molar-refractivity contribution in [2.75, 3.05) is 18.8 Å². The Morgan fingerprint density at radius 3 is 2.72 bits per heavy atom. The van der Waals surface area contributed by atoms with Crippen LogP contribution in [0.25, 0.3) is 16.7 Å².